The van der Waals surface area contributed by atoms with E-state index in [0.29, 0.717) is 0 Å². The van der Waals surface area contributed by atoms with Crippen molar-refractivity contribution in [2.75, 3.05) is 0 Å². The molecule has 0 aliphatic rings. The first kappa shape index (κ1) is 13.1. The van der Waals surface area contributed by atoms with E-state index in [-0.39, 0.29) is 18.0 Å². The van der Waals surface area contributed by atoms with Gasteiger partial charge in [-0.2, -0.15) is 11.3 Å². The molecule has 16 heavy (non-hydrogen) atoms. The topological polar surface area (TPSA) is 26.0 Å². The van der Waals surface area contributed by atoms with Gasteiger partial charge in [-0.1, -0.05) is 6.07 Å². The van der Waals surface area contributed by atoms with Gasteiger partial charge < -0.3 is 5.73 Å². The lowest BCUT2D eigenvalue weighted by molar-refractivity contribution is 0.543. The molecule has 0 saturated carbocycles. The summed E-state index contributed by atoms with van der Waals surface area (Å²) >= 11 is 1.45. The van der Waals surface area contributed by atoms with E-state index >= 15 is 0 Å². The maximum Gasteiger partial charge on any atom is 0.131 e. The summed E-state index contributed by atoms with van der Waals surface area (Å²) in [5, 5.41) is 3.62. The normalized spacial score (nSPS) is 11.9. The van der Waals surface area contributed by atoms with Crippen molar-refractivity contribution < 1.29 is 8.78 Å². The van der Waals surface area contributed by atoms with Gasteiger partial charge in [-0.05, 0) is 34.5 Å². The molecule has 0 bridgehead atoms. The Hall–Kier alpha value is -0.970. The van der Waals surface area contributed by atoms with Gasteiger partial charge >= 0.3 is 0 Å². The smallest absolute Gasteiger partial charge is 0.131 e. The standard InChI is InChI=1S/C11H9F2NS.ClH/c12-8-2-1-3-9(13)10(8)11(14)7-4-5-15-6-7;/h1-6,11H,14H2;1H/t11-;/m1./s1. The number of hydrogen-bond acceptors (Lipinski definition) is 2. The molecule has 0 spiro atoms. The van der Waals surface area contributed by atoms with Gasteiger partial charge in [-0.3, -0.25) is 0 Å². The quantitative estimate of drug-likeness (QED) is 0.880. The lowest BCUT2D eigenvalue weighted by atomic mass is 10.0. The highest BCUT2D eigenvalue weighted by atomic mass is 35.5. The van der Waals surface area contributed by atoms with Crippen LogP contribution in [0.4, 0.5) is 8.78 Å². The molecule has 1 heterocycles. The molecule has 1 aromatic carbocycles. The molecule has 5 heteroatoms. The Balaban J connectivity index is 0.00000128. The fraction of sp³-hybridized carbons (Fsp3) is 0.0909. The summed E-state index contributed by atoms with van der Waals surface area (Å²) in [4.78, 5) is 0. The minimum absolute atomic E-state index is 0. The molecule has 2 aromatic rings. The lowest BCUT2D eigenvalue weighted by Crippen LogP contribution is -2.14. The van der Waals surface area contributed by atoms with Crippen LogP contribution in [-0.4, -0.2) is 0 Å². The largest absolute Gasteiger partial charge is 0.320 e. The second-order valence-electron chi connectivity index (χ2n) is 3.17. The predicted octanol–water partition coefficient (Wildman–Crippen LogP) is 3.50. The average Bonchev–Trinajstić information content (AvgIpc) is 2.69. The summed E-state index contributed by atoms with van der Waals surface area (Å²) in [7, 11) is 0. The summed E-state index contributed by atoms with van der Waals surface area (Å²) in [5.74, 6) is -1.21. The summed E-state index contributed by atoms with van der Waals surface area (Å²) in [6.07, 6.45) is 0. The SMILES string of the molecule is Cl.N[C@H](c1ccsc1)c1c(F)cccc1F. The maximum atomic E-state index is 13.4. The first-order valence-corrected chi connectivity index (χ1v) is 5.36. The molecule has 86 valence electrons. The third-order valence-corrected chi connectivity index (χ3v) is 2.91. The molecular formula is C11H10ClF2NS. The molecule has 0 aliphatic heterocycles. The second-order valence-corrected chi connectivity index (χ2v) is 3.95. The number of hydrogen-bond donors (Lipinski definition) is 1. The Bertz CT molecular complexity index is 439. The molecule has 0 radical (unpaired) electrons. The van der Waals surface area contributed by atoms with Crippen molar-refractivity contribution in [2.45, 2.75) is 6.04 Å². The highest BCUT2D eigenvalue weighted by Gasteiger charge is 2.17. The highest BCUT2D eigenvalue weighted by Crippen LogP contribution is 2.25. The number of benzene rings is 1. The van der Waals surface area contributed by atoms with Crippen LogP contribution in [0.2, 0.25) is 0 Å². The van der Waals surface area contributed by atoms with E-state index in [2.05, 4.69) is 0 Å². The molecular weight excluding hydrogens is 252 g/mol. The Morgan fingerprint density at radius 2 is 1.75 bits per heavy atom. The molecule has 0 fully saturated rings. The zero-order chi connectivity index (χ0) is 10.8. The maximum absolute atomic E-state index is 13.4. The van der Waals surface area contributed by atoms with Gasteiger partial charge in [0.05, 0.1) is 6.04 Å². The van der Waals surface area contributed by atoms with E-state index in [4.69, 9.17) is 5.73 Å². The Kier molecular flexibility index (Phi) is 4.41. The number of halogens is 3. The number of rotatable bonds is 2. The first-order valence-electron chi connectivity index (χ1n) is 4.41. The van der Waals surface area contributed by atoms with E-state index in [0.717, 1.165) is 5.56 Å². The minimum atomic E-state index is -0.738. The predicted molar refractivity (Wildman–Crippen MR) is 64.0 cm³/mol. The molecule has 0 saturated heterocycles. The summed E-state index contributed by atoms with van der Waals surface area (Å²) in [6.45, 7) is 0. The van der Waals surface area contributed by atoms with Crippen molar-refractivity contribution in [3.05, 3.63) is 57.8 Å². The molecule has 2 N–H and O–H groups in total. The van der Waals surface area contributed by atoms with Crippen LogP contribution in [0.15, 0.2) is 35.0 Å². The van der Waals surface area contributed by atoms with Gasteiger partial charge in [-0.25, -0.2) is 8.78 Å². The van der Waals surface area contributed by atoms with Gasteiger partial charge in [-0.15, -0.1) is 12.4 Å². The Labute approximate surface area is 102 Å². The van der Waals surface area contributed by atoms with Crippen LogP contribution < -0.4 is 5.73 Å². The molecule has 2 rings (SSSR count). The third kappa shape index (κ3) is 2.40. The van der Waals surface area contributed by atoms with E-state index < -0.39 is 17.7 Å². The second kappa shape index (κ2) is 5.39. The first-order chi connectivity index (χ1) is 7.20. The molecule has 1 nitrogen and oxygen atoms in total. The zero-order valence-corrected chi connectivity index (χ0v) is 9.82. The molecule has 0 unspecified atom stereocenters. The highest BCUT2D eigenvalue weighted by molar-refractivity contribution is 7.08. The van der Waals surface area contributed by atoms with Crippen LogP contribution in [0.5, 0.6) is 0 Å². The monoisotopic (exact) mass is 261 g/mol. The molecule has 1 aromatic heterocycles. The summed E-state index contributed by atoms with van der Waals surface area (Å²) in [6, 6.07) is 4.78. The Morgan fingerprint density at radius 3 is 2.25 bits per heavy atom. The molecule has 0 aliphatic carbocycles. The summed E-state index contributed by atoms with van der Waals surface area (Å²) < 4.78 is 26.8. The van der Waals surface area contributed by atoms with E-state index in [1.807, 2.05) is 5.38 Å². The van der Waals surface area contributed by atoms with Gasteiger partial charge in [0.2, 0.25) is 0 Å². The molecule has 1 atom stereocenters. The van der Waals surface area contributed by atoms with E-state index in [1.165, 1.54) is 29.5 Å². The third-order valence-electron chi connectivity index (χ3n) is 2.21. The minimum Gasteiger partial charge on any atom is -0.320 e. The van der Waals surface area contributed by atoms with Crippen molar-refractivity contribution in [3.8, 4) is 0 Å². The van der Waals surface area contributed by atoms with Crippen molar-refractivity contribution >= 4 is 23.7 Å². The van der Waals surface area contributed by atoms with Crippen molar-refractivity contribution in [1.82, 2.24) is 0 Å². The van der Waals surface area contributed by atoms with Gasteiger partial charge in [0, 0.05) is 5.56 Å². The fourth-order valence-electron chi connectivity index (χ4n) is 1.43. The van der Waals surface area contributed by atoms with Crippen molar-refractivity contribution in [3.63, 3.8) is 0 Å². The summed E-state index contributed by atoms with van der Waals surface area (Å²) in [5.41, 5.74) is 6.44. The van der Waals surface area contributed by atoms with Crippen LogP contribution in [-0.2, 0) is 0 Å². The zero-order valence-electron chi connectivity index (χ0n) is 8.19. The van der Waals surface area contributed by atoms with E-state index in [1.54, 1.807) is 11.4 Å². The number of thiophene rings is 1. The van der Waals surface area contributed by atoms with Gasteiger partial charge in [0.1, 0.15) is 11.6 Å². The van der Waals surface area contributed by atoms with E-state index in [9.17, 15) is 8.78 Å². The van der Waals surface area contributed by atoms with Crippen LogP contribution in [0.25, 0.3) is 0 Å². The lowest BCUT2D eigenvalue weighted by Gasteiger charge is -2.12. The van der Waals surface area contributed by atoms with Gasteiger partial charge in [0.25, 0.3) is 0 Å². The van der Waals surface area contributed by atoms with Crippen LogP contribution in [0.1, 0.15) is 17.2 Å². The molecule has 0 amide bonds. The van der Waals surface area contributed by atoms with Crippen LogP contribution >= 0.6 is 23.7 Å². The fourth-order valence-corrected chi connectivity index (χ4v) is 2.12. The van der Waals surface area contributed by atoms with Crippen molar-refractivity contribution in [2.24, 2.45) is 5.73 Å². The van der Waals surface area contributed by atoms with Crippen molar-refractivity contribution in [1.29, 1.82) is 0 Å². The van der Waals surface area contributed by atoms with Gasteiger partial charge in [0.15, 0.2) is 0 Å². The average molecular weight is 262 g/mol. The van der Waals surface area contributed by atoms with Crippen LogP contribution in [0, 0.1) is 11.6 Å². The van der Waals surface area contributed by atoms with Crippen LogP contribution in [0.3, 0.4) is 0 Å². The number of nitrogens with two attached hydrogens (primary N) is 1. The Morgan fingerprint density at radius 1 is 1.12 bits per heavy atom.